The third-order valence-electron chi connectivity index (χ3n) is 8.77. The van der Waals surface area contributed by atoms with Crippen molar-refractivity contribution in [2.45, 2.75) is 159 Å². The first-order chi connectivity index (χ1) is 27.0. The molecule has 0 aromatic carbocycles. The van der Waals surface area contributed by atoms with E-state index in [4.69, 9.17) is 18.5 Å². The molecule has 1 aliphatic carbocycles. The fourth-order valence-electron chi connectivity index (χ4n) is 5.53. The Labute approximate surface area is 335 Å². The number of unbranched alkanes of at least 4 members (excludes halogenated alkanes) is 7. The molecule has 1 saturated carbocycles. The predicted octanol–water partition coefficient (Wildman–Crippen LogP) is 7.41. The van der Waals surface area contributed by atoms with Crippen molar-refractivity contribution in [1.29, 1.82) is 0 Å². The van der Waals surface area contributed by atoms with Gasteiger partial charge in [0.15, 0.2) is 0 Å². The van der Waals surface area contributed by atoms with E-state index < -0.39 is 63.1 Å². The molecule has 0 radical (unpaired) electrons. The van der Waals surface area contributed by atoms with Gasteiger partial charge >= 0.3 is 13.8 Å². The number of phosphoric ester groups is 1. The number of hydrogen-bond donors (Lipinski definition) is 6. The lowest BCUT2D eigenvalue weighted by atomic mass is 9.85. The summed E-state index contributed by atoms with van der Waals surface area (Å²) in [5, 5.41) is 50.0. The zero-order chi connectivity index (χ0) is 41.3. The van der Waals surface area contributed by atoms with Crippen LogP contribution in [0.15, 0.2) is 85.1 Å². The third kappa shape index (κ3) is 25.7. The van der Waals surface area contributed by atoms with Crippen molar-refractivity contribution in [2.75, 3.05) is 19.8 Å². The van der Waals surface area contributed by atoms with Crippen LogP contribution in [0.2, 0.25) is 0 Å². The molecule has 1 aliphatic rings. The van der Waals surface area contributed by atoms with Gasteiger partial charge in [0.1, 0.15) is 42.7 Å². The number of carbonyl (C=O) groups is 1. The van der Waals surface area contributed by atoms with Crippen LogP contribution < -0.4 is 0 Å². The summed E-state index contributed by atoms with van der Waals surface area (Å²) in [4.78, 5) is 23.0. The molecule has 6 atom stereocenters. The Morgan fingerprint density at radius 3 is 1.61 bits per heavy atom. The molecule has 0 amide bonds. The molecule has 0 bridgehead atoms. The Bertz CT molecular complexity index is 1240. The van der Waals surface area contributed by atoms with Crippen molar-refractivity contribution in [3.05, 3.63) is 85.1 Å². The highest BCUT2D eigenvalue weighted by molar-refractivity contribution is 7.47. The van der Waals surface area contributed by atoms with Gasteiger partial charge in [0.05, 0.1) is 19.6 Å². The molecule has 6 N–H and O–H groups in total. The maximum atomic E-state index is 12.8. The van der Waals surface area contributed by atoms with E-state index in [1.54, 1.807) is 6.08 Å². The average Bonchev–Trinajstić information content (AvgIpc) is 3.18. The Hall–Kier alpha value is -2.48. The number of ether oxygens (including phenoxy) is 2. The summed E-state index contributed by atoms with van der Waals surface area (Å²) >= 11 is 0. The summed E-state index contributed by atoms with van der Waals surface area (Å²) in [5.74, 6) is -0.613. The Kier molecular flexibility index (Phi) is 30.8. The van der Waals surface area contributed by atoms with Crippen molar-refractivity contribution in [2.24, 2.45) is 0 Å². The smallest absolute Gasteiger partial charge is 0.457 e. The number of carbonyl (C=O) groups excluding carboxylic acids is 1. The minimum atomic E-state index is -5.05. The standard InChI is InChI=1S/C43H71O12P/c1-3-5-7-9-11-13-15-17-19-20-22-24-26-28-30-32-37(44)54-36(34-52-33-31-29-27-25-23-21-18-16-14-12-10-8-6-4-2)35-53-56(50,51)55-43-41(48)39(46)38(45)40(47)42(43)49/h5,7-8,10-11,13-14,16-17,19,22,24,28,30,36,38-43,45-49H,3-4,6,9,12,15,18,20-21,23,25-27,29,31-35H2,1-2H3,(H,50,51)/b7-5-,10-8-,13-11-,16-14-,19-17-,24-22-,30-28-. The number of aliphatic hydroxyl groups is 5. The van der Waals surface area contributed by atoms with Gasteiger partial charge in [0, 0.05) is 6.61 Å². The van der Waals surface area contributed by atoms with Crippen LogP contribution >= 0.6 is 7.82 Å². The van der Waals surface area contributed by atoms with E-state index in [0.717, 1.165) is 83.5 Å². The minimum absolute atomic E-state index is 0.0539. The second kappa shape index (κ2) is 33.5. The molecule has 320 valence electrons. The third-order valence-corrected chi connectivity index (χ3v) is 9.75. The number of esters is 1. The largest absolute Gasteiger partial charge is 0.472 e. The maximum Gasteiger partial charge on any atom is 0.472 e. The Balaban J connectivity index is 2.54. The number of phosphoric acid groups is 1. The van der Waals surface area contributed by atoms with Gasteiger partial charge < -0.3 is 39.9 Å². The highest BCUT2D eigenvalue weighted by Crippen LogP contribution is 2.47. The van der Waals surface area contributed by atoms with Gasteiger partial charge in [-0.05, 0) is 64.2 Å². The molecule has 0 aliphatic heterocycles. The fraction of sp³-hybridized carbons (Fsp3) is 0.651. The van der Waals surface area contributed by atoms with Gasteiger partial charge in [0.2, 0.25) is 0 Å². The van der Waals surface area contributed by atoms with Gasteiger partial charge in [-0.25, -0.2) is 4.57 Å². The van der Waals surface area contributed by atoms with E-state index in [-0.39, 0.29) is 13.0 Å². The number of allylic oxidation sites excluding steroid dienone is 13. The first kappa shape index (κ1) is 51.5. The van der Waals surface area contributed by atoms with Gasteiger partial charge in [-0.3, -0.25) is 13.8 Å². The predicted molar refractivity (Wildman–Crippen MR) is 221 cm³/mol. The minimum Gasteiger partial charge on any atom is -0.457 e. The molecule has 0 saturated heterocycles. The van der Waals surface area contributed by atoms with Crippen LogP contribution in [0.4, 0.5) is 0 Å². The van der Waals surface area contributed by atoms with Crippen molar-refractivity contribution < 1.29 is 58.3 Å². The molecule has 6 unspecified atom stereocenters. The summed E-state index contributed by atoms with van der Waals surface area (Å²) in [6.45, 7) is 3.91. The average molecular weight is 811 g/mol. The lowest BCUT2D eigenvalue weighted by Gasteiger charge is -2.41. The van der Waals surface area contributed by atoms with Crippen LogP contribution in [0.3, 0.4) is 0 Å². The summed E-state index contributed by atoms with van der Waals surface area (Å²) in [7, 11) is -5.05. The molecular formula is C43H71O12P. The molecular weight excluding hydrogens is 739 g/mol. The molecule has 0 heterocycles. The number of aliphatic hydroxyl groups excluding tert-OH is 5. The van der Waals surface area contributed by atoms with Crippen molar-refractivity contribution in [3.8, 4) is 0 Å². The van der Waals surface area contributed by atoms with Crippen molar-refractivity contribution >= 4 is 13.8 Å². The van der Waals surface area contributed by atoms with Crippen LogP contribution in [0.25, 0.3) is 0 Å². The summed E-state index contributed by atoms with van der Waals surface area (Å²) in [6.07, 6.45) is 31.2. The fourth-order valence-corrected chi connectivity index (χ4v) is 6.50. The van der Waals surface area contributed by atoms with Crippen LogP contribution in [0.5, 0.6) is 0 Å². The molecule has 56 heavy (non-hydrogen) atoms. The van der Waals surface area contributed by atoms with Crippen LogP contribution in [0, 0.1) is 0 Å². The summed E-state index contributed by atoms with van der Waals surface area (Å²) in [5.41, 5.74) is 0. The van der Waals surface area contributed by atoms with Crippen LogP contribution in [0.1, 0.15) is 117 Å². The molecule has 12 nitrogen and oxygen atoms in total. The second-order valence-electron chi connectivity index (χ2n) is 13.8. The van der Waals surface area contributed by atoms with E-state index in [1.807, 2.05) is 18.2 Å². The van der Waals surface area contributed by atoms with Crippen molar-refractivity contribution in [1.82, 2.24) is 0 Å². The van der Waals surface area contributed by atoms with E-state index in [9.17, 15) is 39.8 Å². The molecule has 0 aromatic heterocycles. The molecule has 1 fully saturated rings. The Morgan fingerprint density at radius 1 is 0.589 bits per heavy atom. The highest BCUT2D eigenvalue weighted by Gasteiger charge is 2.51. The highest BCUT2D eigenvalue weighted by atomic mass is 31.2. The normalized spacial score (nSPS) is 23.9. The molecule has 0 aromatic rings. The lowest BCUT2D eigenvalue weighted by Crippen LogP contribution is -2.64. The molecule has 1 rings (SSSR count). The first-order valence-electron chi connectivity index (χ1n) is 20.4. The number of hydrogen-bond acceptors (Lipinski definition) is 11. The van der Waals surface area contributed by atoms with Crippen LogP contribution in [-0.4, -0.2) is 98.9 Å². The van der Waals surface area contributed by atoms with Gasteiger partial charge in [-0.15, -0.1) is 0 Å². The molecule has 0 spiro atoms. The first-order valence-corrected chi connectivity index (χ1v) is 21.9. The maximum absolute atomic E-state index is 12.8. The summed E-state index contributed by atoms with van der Waals surface area (Å²) < 4.78 is 33.9. The van der Waals surface area contributed by atoms with Gasteiger partial charge in [0.25, 0.3) is 0 Å². The van der Waals surface area contributed by atoms with Gasteiger partial charge in [-0.2, -0.15) is 0 Å². The van der Waals surface area contributed by atoms with Gasteiger partial charge in [-0.1, -0.05) is 131 Å². The van der Waals surface area contributed by atoms with Crippen molar-refractivity contribution in [3.63, 3.8) is 0 Å². The topological polar surface area (TPSA) is 192 Å². The van der Waals surface area contributed by atoms with E-state index in [0.29, 0.717) is 13.0 Å². The molecule has 13 heteroatoms. The monoisotopic (exact) mass is 810 g/mol. The van der Waals surface area contributed by atoms with E-state index in [2.05, 4.69) is 74.6 Å². The SMILES string of the molecule is CC/C=C\C/C=C\C/C=C\C/C=C\C/C=C\CC(=O)OC(COCCCCCCCC/C=C\C/C=C\CCC)COP(=O)(O)OC1C(O)C(O)C(O)C(O)C1O. The zero-order valence-electron chi connectivity index (χ0n) is 33.6. The van der Waals surface area contributed by atoms with Crippen LogP contribution in [-0.2, 0) is 27.9 Å². The zero-order valence-corrected chi connectivity index (χ0v) is 34.5. The van der Waals surface area contributed by atoms with E-state index in [1.165, 1.54) is 6.42 Å². The van der Waals surface area contributed by atoms with E-state index >= 15 is 0 Å². The second-order valence-corrected chi connectivity index (χ2v) is 15.2. The number of rotatable bonds is 32. The Morgan fingerprint density at radius 2 is 1.05 bits per heavy atom. The quantitative estimate of drug-likeness (QED) is 0.0171. The lowest BCUT2D eigenvalue weighted by molar-refractivity contribution is -0.220. The summed E-state index contributed by atoms with van der Waals surface area (Å²) in [6, 6.07) is 0.